The second-order valence-electron chi connectivity index (χ2n) is 2.40. The van der Waals surface area contributed by atoms with Gasteiger partial charge in [-0.2, -0.15) is 5.10 Å². The summed E-state index contributed by atoms with van der Waals surface area (Å²) < 4.78 is 0. The van der Waals surface area contributed by atoms with Crippen LogP contribution in [0.5, 0.6) is 0 Å². The molecule has 5 nitrogen and oxygen atoms in total. The summed E-state index contributed by atoms with van der Waals surface area (Å²) in [5.41, 5.74) is 0.105. The average Bonchev–Trinajstić information content (AvgIpc) is 2.48. The zero-order chi connectivity index (χ0) is 8.97. The van der Waals surface area contributed by atoms with E-state index in [0.717, 1.165) is 13.0 Å². The molecule has 1 heterocycles. The molecule has 0 aliphatic heterocycles. The summed E-state index contributed by atoms with van der Waals surface area (Å²) in [6.45, 7) is 2.82. The van der Waals surface area contributed by atoms with Crippen molar-refractivity contribution in [1.82, 2.24) is 10.2 Å². The highest BCUT2D eigenvalue weighted by Crippen LogP contribution is 2.04. The molecule has 5 heteroatoms. The lowest BCUT2D eigenvalue weighted by atomic mass is 10.4. The maximum atomic E-state index is 10.4. The van der Waals surface area contributed by atoms with Crippen LogP contribution in [0.2, 0.25) is 0 Å². The first-order valence-electron chi connectivity index (χ1n) is 3.76. The molecule has 0 unspecified atom stereocenters. The standard InChI is InChI=1S/C7H11N3O2/c1-2-3-8-6-4-5(7(11)12)9-10-6/h4H,2-3H2,1H3,(H,11,12)(H2,8,9,10). The number of nitrogens with zero attached hydrogens (tertiary/aromatic N) is 1. The fourth-order valence-electron chi connectivity index (χ4n) is 0.775. The van der Waals surface area contributed by atoms with Crippen molar-refractivity contribution in [1.29, 1.82) is 0 Å². The minimum absolute atomic E-state index is 0.105. The Balaban J connectivity index is 2.58. The molecule has 3 N–H and O–H groups in total. The second-order valence-corrected chi connectivity index (χ2v) is 2.40. The topological polar surface area (TPSA) is 78.0 Å². The quantitative estimate of drug-likeness (QED) is 0.626. The van der Waals surface area contributed by atoms with Crippen molar-refractivity contribution in [3.63, 3.8) is 0 Å². The van der Waals surface area contributed by atoms with E-state index in [1.165, 1.54) is 6.07 Å². The van der Waals surface area contributed by atoms with Crippen LogP contribution in [0.1, 0.15) is 23.8 Å². The van der Waals surface area contributed by atoms with Crippen molar-refractivity contribution < 1.29 is 9.90 Å². The SMILES string of the molecule is CCCNc1cc(C(=O)O)[nH]n1. The Morgan fingerprint density at radius 3 is 3.08 bits per heavy atom. The molecule has 0 amide bonds. The van der Waals surface area contributed by atoms with Gasteiger partial charge in [0.1, 0.15) is 11.5 Å². The van der Waals surface area contributed by atoms with E-state index in [1.807, 2.05) is 6.92 Å². The van der Waals surface area contributed by atoms with Crippen LogP contribution < -0.4 is 5.32 Å². The predicted octanol–water partition coefficient (Wildman–Crippen LogP) is 0.930. The van der Waals surface area contributed by atoms with Gasteiger partial charge in [0.15, 0.2) is 0 Å². The summed E-state index contributed by atoms with van der Waals surface area (Å²) >= 11 is 0. The number of aromatic nitrogens is 2. The number of hydrogen-bond donors (Lipinski definition) is 3. The highest BCUT2D eigenvalue weighted by molar-refractivity contribution is 5.86. The first-order chi connectivity index (χ1) is 5.74. The molecule has 0 bridgehead atoms. The number of carboxylic acid groups (broad SMARTS) is 1. The van der Waals surface area contributed by atoms with Crippen molar-refractivity contribution in [2.75, 3.05) is 11.9 Å². The summed E-state index contributed by atoms with van der Waals surface area (Å²) in [5.74, 6) is -0.415. The van der Waals surface area contributed by atoms with Gasteiger partial charge in [0.05, 0.1) is 0 Å². The van der Waals surface area contributed by atoms with E-state index in [4.69, 9.17) is 5.11 Å². The van der Waals surface area contributed by atoms with E-state index in [2.05, 4.69) is 15.5 Å². The van der Waals surface area contributed by atoms with Crippen molar-refractivity contribution in [3.05, 3.63) is 11.8 Å². The number of anilines is 1. The molecule has 0 aliphatic rings. The Morgan fingerprint density at radius 1 is 1.83 bits per heavy atom. The summed E-state index contributed by atoms with van der Waals surface area (Å²) in [4.78, 5) is 10.4. The minimum atomic E-state index is -0.993. The number of H-pyrrole nitrogens is 1. The Bertz CT molecular complexity index is 269. The highest BCUT2D eigenvalue weighted by atomic mass is 16.4. The predicted molar refractivity (Wildman–Crippen MR) is 44.3 cm³/mol. The maximum Gasteiger partial charge on any atom is 0.353 e. The number of aromatic carboxylic acids is 1. The average molecular weight is 169 g/mol. The van der Waals surface area contributed by atoms with Crippen LogP contribution in [-0.2, 0) is 0 Å². The van der Waals surface area contributed by atoms with Gasteiger partial charge in [0.2, 0.25) is 0 Å². The molecular weight excluding hydrogens is 158 g/mol. The Hall–Kier alpha value is -1.52. The fourth-order valence-corrected chi connectivity index (χ4v) is 0.775. The van der Waals surface area contributed by atoms with Gasteiger partial charge in [0.25, 0.3) is 0 Å². The summed E-state index contributed by atoms with van der Waals surface area (Å²) in [5, 5.41) is 17.6. The second kappa shape index (κ2) is 3.75. The van der Waals surface area contributed by atoms with E-state index in [1.54, 1.807) is 0 Å². The van der Waals surface area contributed by atoms with Crippen molar-refractivity contribution >= 4 is 11.8 Å². The lowest BCUT2D eigenvalue weighted by Crippen LogP contribution is -1.99. The van der Waals surface area contributed by atoms with Gasteiger partial charge in [-0.25, -0.2) is 4.79 Å². The van der Waals surface area contributed by atoms with Gasteiger partial charge in [-0.3, -0.25) is 5.10 Å². The number of hydrogen-bond acceptors (Lipinski definition) is 3. The largest absolute Gasteiger partial charge is 0.477 e. The first kappa shape index (κ1) is 8.58. The summed E-state index contributed by atoms with van der Waals surface area (Å²) in [6, 6.07) is 1.47. The van der Waals surface area contributed by atoms with Crippen LogP contribution in [0.25, 0.3) is 0 Å². The monoisotopic (exact) mass is 169 g/mol. The highest BCUT2D eigenvalue weighted by Gasteiger charge is 2.05. The normalized spacial score (nSPS) is 9.75. The van der Waals surface area contributed by atoms with Crippen LogP contribution in [0.4, 0.5) is 5.82 Å². The van der Waals surface area contributed by atoms with Gasteiger partial charge in [-0.1, -0.05) is 6.92 Å². The van der Waals surface area contributed by atoms with E-state index < -0.39 is 5.97 Å². The van der Waals surface area contributed by atoms with E-state index >= 15 is 0 Å². The molecule has 1 rings (SSSR count). The molecule has 0 saturated carbocycles. The van der Waals surface area contributed by atoms with Crippen LogP contribution in [-0.4, -0.2) is 27.8 Å². The Labute approximate surface area is 69.8 Å². The molecule has 12 heavy (non-hydrogen) atoms. The summed E-state index contributed by atoms with van der Waals surface area (Å²) in [6.07, 6.45) is 0.981. The zero-order valence-electron chi connectivity index (χ0n) is 6.79. The van der Waals surface area contributed by atoms with E-state index in [0.29, 0.717) is 5.82 Å². The van der Waals surface area contributed by atoms with Crippen molar-refractivity contribution in [2.45, 2.75) is 13.3 Å². The molecule has 0 spiro atoms. The smallest absolute Gasteiger partial charge is 0.353 e. The van der Waals surface area contributed by atoms with Crippen molar-refractivity contribution in [2.24, 2.45) is 0 Å². The van der Waals surface area contributed by atoms with Gasteiger partial charge in [0, 0.05) is 12.6 Å². The van der Waals surface area contributed by atoms with Gasteiger partial charge in [-0.15, -0.1) is 0 Å². The molecular formula is C7H11N3O2. The number of carbonyl (C=O) groups is 1. The zero-order valence-corrected chi connectivity index (χ0v) is 6.79. The summed E-state index contributed by atoms with van der Waals surface area (Å²) in [7, 11) is 0. The molecule has 0 aliphatic carbocycles. The lowest BCUT2D eigenvalue weighted by molar-refractivity contribution is 0.0690. The molecule has 1 aromatic heterocycles. The Kier molecular flexibility index (Phi) is 2.68. The van der Waals surface area contributed by atoms with Crippen molar-refractivity contribution in [3.8, 4) is 0 Å². The first-order valence-corrected chi connectivity index (χ1v) is 3.76. The molecule has 66 valence electrons. The number of carboxylic acids is 1. The third-order valence-corrected chi connectivity index (χ3v) is 1.36. The minimum Gasteiger partial charge on any atom is -0.477 e. The van der Waals surface area contributed by atoms with Gasteiger partial charge < -0.3 is 10.4 Å². The maximum absolute atomic E-state index is 10.4. The lowest BCUT2D eigenvalue weighted by Gasteiger charge is -1.96. The van der Waals surface area contributed by atoms with Gasteiger partial charge in [-0.05, 0) is 6.42 Å². The molecule has 0 atom stereocenters. The Morgan fingerprint density at radius 2 is 2.58 bits per heavy atom. The number of rotatable bonds is 4. The van der Waals surface area contributed by atoms with Crippen LogP contribution in [0.15, 0.2) is 6.07 Å². The van der Waals surface area contributed by atoms with Crippen LogP contribution >= 0.6 is 0 Å². The molecule has 0 aromatic carbocycles. The molecule has 1 aromatic rings. The fraction of sp³-hybridized carbons (Fsp3) is 0.429. The van der Waals surface area contributed by atoms with E-state index in [9.17, 15) is 4.79 Å². The van der Waals surface area contributed by atoms with E-state index in [-0.39, 0.29) is 5.69 Å². The molecule has 0 saturated heterocycles. The molecule has 0 radical (unpaired) electrons. The third kappa shape index (κ3) is 1.98. The van der Waals surface area contributed by atoms with Crippen LogP contribution in [0.3, 0.4) is 0 Å². The van der Waals surface area contributed by atoms with Gasteiger partial charge >= 0.3 is 5.97 Å². The molecule has 0 fully saturated rings. The number of nitrogens with one attached hydrogen (secondary N) is 2. The third-order valence-electron chi connectivity index (χ3n) is 1.36. The van der Waals surface area contributed by atoms with Crippen LogP contribution in [0, 0.1) is 0 Å². The number of aromatic amines is 1.